The fourth-order valence-electron chi connectivity index (χ4n) is 3.64. The van der Waals surface area contributed by atoms with E-state index in [1.807, 2.05) is 28.9 Å². The smallest absolute Gasteiger partial charge is 0.320 e. The van der Waals surface area contributed by atoms with Crippen molar-refractivity contribution in [1.29, 1.82) is 0 Å². The number of amides is 3. The summed E-state index contributed by atoms with van der Waals surface area (Å²) in [5, 5.41) is 3.08. The lowest BCUT2D eigenvalue weighted by molar-refractivity contribution is -0.117. The third kappa shape index (κ3) is 4.99. The number of piperazine rings is 1. The van der Waals surface area contributed by atoms with Crippen LogP contribution in [0.4, 0.5) is 10.5 Å². The highest BCUT2D eigenvalue weighted by atomic mass is 16.5. The van der Waals surface area contributed by atoms with Crippen LogP contribution in [0.3, 0.4) is 0 Å². The van der Waals surface area contributed by atoms with Crippen LogP contribution in [0.5, 0.6) is 0 Å². The third-order valence-electron chi connectivity index (χ3n) is 5.30. The van der Waals surface area contributed by atoms with Gasteiger partial charge in [-0.25, -0.2) is 4.79 Å². The number of urea groups is 1. The molecule has 3 rings (SSSR count). The van der Waals surface area contributed by atoms with Gasteiger partial charge in [0.15, 0.2) is 0 Å². The van der Waals surface area contributed by atoms with Gasteiger partial charge in [-0.1, -0.05) is 25.1 Å². The molecule has 2 aliphatic heterocycles. The summed E-state index contributed by atoms with van der Waals surface area (Å²) >= 11 is 0. The van der Waals surface area contributed by atoms with Crippen LogP contribution < -0.4 is 5.32 Å². The Morgan fingerprint density at radius 2 is 1.70 bits per heavy atom. The molecule has 2 fully saturated rings. The van der Waals surface area contributed by atoms with Crippen LogP contribution in [0.2, 0.25) is 0 Å². The number of nitrogens with zero attached hydrogens (tertiary/aromatic N) is 3. The van der Waals surface area contributed by atoms with Crippen LogP contribution in [-0.2, 0) is 16.0 Å². The Labute approximate surface area is 161 Å². The summed E-state index contributed by atoms with van der Waals surface area (Å²) in [6.45, 7) is 9.79. The molecule has 27 heavy (non-hydrogen) atoms. The second kappa shape index (κ2) is 9.19. The number of rotatable bonds is 4. The van der Waals surface area contributed by atoms with E-state index in [-0.39, 0.29) is 11.9 Å². The monoisotopic (exact) mass is 374 g/mol. The molecule has 2 heterocycles. The van der Waals surface area contributed by atoms with E-state index in [1.54, 1.807) is 0 Å². The van der Waals surface area contributed by atoms with Gasteiger partial charge in [-0.15, -0.1) is 0 Å². The van der Waals surface area contributed by atoms with Crippen molar-refractivity contribution in [2.75, 3.05) is 64.3 Å². The number of nitrogens with one attached hydrogen (secondary N) is 1. The second-order valence-electron chi connectivity index (χ2n) is 7.16. The quantitative estimate of drug-likeness (QED) is 0.869. The van der Waals surface area contributed by atoms with Crippen molar-refractivity contribution >= 4 is 17.6 Å². The van der Waals surface area contributed by atoms with Crippen molar-refractivity contribution < 1.29 is 14.3 Å². The SMILES string of the molecule is CCc1cccc(C)c1NC(=O)CN1CCN(C(=O)N2CCOCC2)CC1. The Morgan fingerprint density at radius 3 is 2.37 bits per heavy atom. The van der Waals surface area contributed by atoms with Crippen molar-refractivity contribution in [3.63, 3.8) is 0 Å². The van der Waals surface area contributed by atoms with Crippen LogP contribution in [0, 0.1) is 6.92 Å². The number of carbonyl (C=O) groups is 2. The molecule has 0 spiro atoms. The van der Waals surface area contributed by atoms with Gasteiger partial charge in [0.25, 0.3) is 0 Å². The first-order chi connectivity index (χ1) is 13.1. The summed E-state index contributed by atoms with van der Waals surface area (Å²) in [4.78, 5) is 30.9. The normalized spacial score (nSPS) is 18.4. The number of hydrogen-bond acceptors (Lipinski definition) is 4. The van der Waals surface area contributed by atoms with Crippen LogP contribution in [0.1, 0.15) is 18.1 Å². The zero-order valence-corrected chi connectivity index (χ0v) is 16.4. The number of hydrogen-bond donors (Lipinski definition) is 1. The van der Waals surface area contributed by atoms with Crippen LogP contribution in [-0.4, -0.2) is 85.7 Å². The second-order valence-corrected chi connectivity index (χ2v) is 7.16. The molecular formula is C20H30N4O3. The molecule has 0 aliphatic carbocycles. The van der Waals surface area contributed by atoms with Gasteiger partial charge < -0.3 is 19.9 Å². The van der Waals surface area contributed by atoms with Gasteiger partial charge in [-0.05, 0) is 24.5 Å². The maximum Gasteiger partial charge on any atom is 0.320 e. The van der Waals surface area contributed by atoms with Crippen molar-refractivity contribution in [3.8, 4) is 0 Å². The highest BCUT2D eigenvalue weighted by Crippen LogP contribution is 2.21. The van der Waals surface area contributed by atoms with Crippen molar-refractivity contribution in [2.45, 2.75) is 20.3 Å². The fourth-order valence-corrected chi connectivity index (χ4v) is 3.64. The summed E-state index contributed by atoms with van der Waals surface area (Å²) < 4.78 is 5.31. The van der Waals surface area contributed by atoms with Gasteiger partial charge in [0.05, 0.1) is 19.8 Å². The molecule has 1 N–H and O–H groups in total. The summed E-state index contributed by atoms with van der Waals surface area (Å²) in [5.41, 5.74) is 3.18. The first kappa shape index (κ1) is 19.6. The number of anilines is 1. The van der Waals surface area contributed by atoms with Crippen LogP contribution >= 0.6 is 0 Å². The summed E-state index contributed by atoms with van der Waals surface area (Å²) in [5.74, 6) is 0.00644. The minimum absolute atomic E-state index is 0.00644. The summed E-state index contributed by atoms with van der Waals surface area (Å²) in [6.07, 6.45) is 0.889. The van der Waals surface area contributed by atoms with Gasteiger partial charge in [0, 0.05) is 45.0 Å². The van der Waals surface area contributed by atoms with E-state index < -0.39 is 0 Å². The fraction of sp³-hybridized carbons (Fsp3) is 0.600. The lowest BCUT2D eigenvalue weighted by Gasteiger charge is -2.38. The Morgan fingerprint density at radius 1 is 1.04 bits per heavy atom. The van der Waals surface area contributed by atoms with Crippen LogP contribution in [0.15, 0.2) is 18.2 Å². The Kier molecular flexibility index (Phi) is 6.68. The number of morpholine rings is 1. The van der Waals surface area contributed by atoms with E-state index in [1.165, 1.54) is 0 Å². The largest absolute Gasteiger partial charge is 0.378 e. The van der Waals surface area contributed by atoms with E-state index in [4.69, 9.17) is 4.74 Å². The van der Waals surface area contributed by atoms with Gasteiger partial charge in [0.1, 0.15) is 0 Å². The third-order valence-corrected chi connectivity index (χ3v) is 5.30. The molecule has 2 aliphatic rings. The minimum atomic E-state index is 0.00644. The molecule has 0 atom stereocenters. The average Bonchev–Trinajstić information content (AvgIpc) is 2.70. The van der Waals surface area contributed by atoms with E-state index in [0.29, 0.717) is 45.9 Å². The molecule has 0 saturated carbocycles. The molecule has 0 bridgehead atoms. The number of benzene rings is 1. The zero-order valence-electron chi connectivity index (χ0n) is 16.4. The van der Waals surface area contributed by atoms with Crippen molar-refractivity contribution in [1.82, 2.24) is 14.7 Å². The molecule has 7 heteroatoms. The highest BCUT2D eigenvalue weighted by molar-refractivity contribution is 5.93. The van der Waals surface area contributed by atoms with E-state index in [9.17, 15) is 9.59 Å². The van der Waals surface area contributed by atoms with Gasteiger partial charge in [-0.2, -0.15) is 0 Å². The number of ether oxygens (including phenoxy) is 1. The number of carbonyl (C=O) groups excluding carboxylic acids is 2. The Balaban J connectivity index is 1.48. The molecule has 0 aromatic heterocycles. The molecular weight excluding hydrogens is 344 g/mol. The van der Waals surface area contributed by atoms with Gasteiger partial charge in [-0.3, -0.25) is 9.69 Å². The van der Waals surface area contributed by atoms with Gasteiger partial charge in [0.2, 0.25) is 5.91 Å². The lowest BCUT2D eigenvalue weighted by atomic mass is 10.1. The van der Waals surface area contributed by atoms with E-state index in [2.05, 4.69) is 23.2 Å². The molecule has 148 valence electrons. The molecule has 7 nitrogen and oxygen atoms in total. The Hall–Kier alpha value is -2.12. The highest BCUT2D eigenvalue weighted by Gasteiger charge is 2.27. The molecule has 0 radical (unpaired) electrons. The maximum absolute atomic E-state index is 12.5. The first-order valence-electron chi connectivity index (χ1n) is 9.80. The average molecular weight is 374 g/mol. The molecule has 3 amide bonds. The summed E-state index contributed by atoms with van der Waals surface area (Å²) in [7, 11) is 0. The predicted octanol–water partition coefficient (Wildman–Crippen LogP) is 1.57. The van der Waals surface area contributed by atoms with Crippen LogP contribution in [0.25, 0.3) is 0 Å². The zero-order chi connectivity index (χ0) is 19.2. The van der Waals surface area contributed by atoms with E-state index >= 15 is 0 Å². The molecule has 1 aromatic carbocycles. The first-order valence-corrected chi connectivity index (χ1v) is 9.80. The minimum Gasteiger partial charge on any atom is -0.378 e. The maximum atomic E-state index is 12.5. The van der Waals surface area contributed by atoms with Crippen molar-refractivity contribution in [2.24, 2.45) is 0 Å². The molecule has 2 saturated heterocycles. The Bertz CT molecular complexity index is 665. The lowest BCUT2D eigenvalue weighted by Crippen LogP contribution is -2.55. The molecule has 1 aromatic rings. The van der Waals surface area contributed by atoms with Gasteiger partial charge >= 0.3 is 6.03 Å². The summed E-state index contributed by atoms with van der Waals surface area (Å²) in [6, 6.07) is 6.19. The standard InChI is InChI=1S/C20H30N4O3/c1-3-17-6-4-5-16(2)19(17)21-18(25)15-22-7-9-23(10-8-22)20(26)24-11-13-27-14-12-24/h4-6H,3,7-15H2,1-2H3,(H,21,25). The molecule has 0 unspecified atom stereocenters. The topological polar surface area (TPSA) is 65.1 Å². The van der Waals surface area contributed by atoms with Crippen molar-refractivity contribution in [3.05, 3.63) is 29.3 Å². The van der Waals surface area contributed by atoms with E-state index in [0.717, 1.165) is 36.3 Å². The number of para-hydroxylation sites is 1. The predicted molar refractivity (Wildman–Crippen MR) is 105 cm³/mol. The number of aryl methyl sites for hydroxylation is 2.